The minimum absolute atomic E-state index is 0.601. The van der Waals surface area contributed by atoms with Crippen LogP contribution in [0.3, 0.4) is 0 Å². The van der Waals surface area contributed by atoms with Gasteiger partial charge in [-0.2, -0.15) is 0 Å². The highest BCUT2D eigenvalue weighted by atomic mass is 14.5. The highest BCUT2D eigenvalue weighted by molar-refractivity contribution is 5.88. The molecular formula is C23H26. The molecule has 23 heavy (non-hydrogen) atoms. The van der Waals surface area contributed by atoms with Gasteiger partial charge >= 0.3 is 0 Å². The summed E-state index contributed by atoms with van der Waals surface area (Å²) in [5.41, 5.74) is 7.17. The second-order valence-corrected chi connectivity index (χ2v) is 8.56. The van der Waals surface area contributed by atoms with Crippen LogP contribution >= 0.6 is 0 Å². The Labute approximate surface area is 139 Å². The van der Waals surface area contributed by atoms with Crippen LogP contribution in [0.4, 0.5) is 0 Å². The third-order valence-electron chi connectivity index (χ3n) is 6.94. The molecule has 0 heterocycles. The summed E-state index contributed by atoms with van der Waals surface area (Å²) in [6.07, 6.45) is 10.7. The van der Waals surface area contributed by atoms with Gasteiger partial charge in [0.05, 0.1) is 0 Å². The highest BCUT2D eigenvalue weighted by Gasteiger charge is 2.48. The summed E-state index contributed by atoms with van der Waals surface area (Å²) < 4.78 is 0. The van der Waals surface area contributed by atoms with Gasteiger partial charge in [-0.3, -0.25) is 0 Å². The lowest BCUT2D eigenvalue weighted by atomic mass is 9.64. The third kappa shape index (κ3) is 1.97. The van der Waals surface area contributed by atoms with E-state index >= 15 is 0 Å². The minimum Gasteiger partial charge on any atom is -0.0850 e. The zero-order valence-electron chi connectivity index (χ0n) is 14.4. The van der Waals surface area contributed by atoms with Crippen molar-refractivity contribution in [2.24, 2.45) is 11.3 Å². The van der Waals surface area contributed by atoms with Gasteiger partial charge in [-0.05, 0) is 83.2 Å². The standard InChI is InChI=1S/C23H26/c1-15(2)21-5-3-4-18-11-19-14-23(9-8-17(19)12-22(18)21)13-16-6-7-20(23)10-16/h3-6,11-12,15,20H,7-10,13-14H2,1-2H3. The van der Waals surface area contributed by atoms with Crippen molar-refractivity contribution < 1.29 is 0 Å². The van der Waals surface area contributed by atoms with Gasteiger partial charge in [0.25, 0.3) is 0 Å². The van der Waals surface area contributed by atoms with E-state index in [1.807, 2.05) is 0 Å². The maximum atomic E-state index is 2.53. The fourth-order valence-electron chi connectivity index (χ4n) is 5.69. The first-order valence-electron chi connectivity index (χ1n) is 9.37. The van der Waals surface area contributed by atoms with Crippen LogP contribution in [-0.2, 0) is 12.8 Å². The predicted octanol–water partition coefficient (Wildman–Crippen LogP) is 6.18. The SMILES string of the molecule is CC(C)c1cccc2cc3c(cc12)CCC1(CC2=CCC1C2)C3. The van der Waals surface area contributed by atoms with Crippen LogP contribution in [-0.4, -0.2) is 0 Å². The average molecular weight is 302 g/mol. The van der Waals surface area contributed by atoms with Gasteiger partial charge in [0.15, 0.2) is 0 Å². The molecule has 0 aromatic heterocycles. The molecule has 2 unspecified atom stereocenters. The van der Waals surface area contributed by atoms with Crippen LogP contribution in [0.2, 0.25) is 0 Å². The Kier molecular flexibility index (Phi) is 2.84. The lowest BCUT2D eigenvalue weighted by Crippen LogP contribution is -2.33. The maximum absolute atomic E-state index is 2.53. The van der Waals surface area contributed by atoms with E-state index in [9.17, 15) is 0 Å². The quantitative estimate of drug-likeness (QED) is 0.552. The molecule has 0 radical (unpaired) electrons. The Balaban J connectivity index is 1.60. The molecule has 1 spiro atoms. The van der Waals surface area contributed by atoms with Crippen LogP contribution < -0.4 is 0 Å². The molecule has 2 aromatic rings. The molecule has 0 amide bonds. The minimum atomic E-state index is 0.601. The van der Waals surface area contributed by atoms with Crippen molar-refractivity contribution in [2.75, 3.05) is 0 Å². The number of hydrogen-bond donors (Lipinski definition) is 0. The van der Waals surface area contributed by atoms with Gasteiger partial charge in [-0.15, -0.1) is 0 Å². The molecule has 118 valence electrons. The molecule has 3 aliphatic rings. The van der Waals surface area contributed by atoms with E-state index in [0.717, 1.165) is 5.92 Å². The van der Waals surface area contributed by atoms with Crippen LogP contribution in [0.5, 0.6) is 0 Å². The molecule has 5 rings (SSSR count). The summed E-state index contributed by atoms with van der Waals surface area (Å²) in [7, 11) is 0. The van der Waals surface area contributed by atoms with E-state index in [0.29, 0.717) is 11.3 Å². The first kappa shape index (κ1) is 13.8. The van der Waals surface area contributed by atoms with Gasteiger partial charge in [-0.25, -0.2) is 0 Å². The molecule has 0 saturated heterocycles. The fraction of sp³-hybridized carbons (Fsp3) is 0.478. The summed E-state index contributed by atoms with van der Waals surface area (Å²) in [5, 5.41) is 2.95. The molecule has 3 aliphatic carbocycles. The number of rotatable bonds is 1. The third-order valence-corrected chi connectivity index (χ3v) is 6.94. The summed E-state index contributed by atoms with van der Waals surface area (Å²) in [5.74, 6) is 1.55. The Bertz CT molecular complexity index is 823. The van der Waals surface area contributed by atoms with Crippen molar-refractivity contribution in [3.8, 4) is 0 Å². The van der Waals surface area contributed by atoms with Crippen molar-refractivity contribution in [3.05, 3.63) is 58.7 Å². The smallest absolute Gasteiger partial charge is 0.0146 e. The summed E-state index contributed by atoms with van der Waals surface area (Å²) in [4.78, 5) is 0. The number of fused-ring (bicyclic) bond motifs is 5. The molecule has 2 aromatic carbocycles. The second-order valence-electron chi connectivity index (χ2n) is 8.56. The summed E-state index contributed by atoms with van der Waals surface area (Å²) in [6, 6.07) is 11.9. The van der Waals surface area contributed by atoms with Gasteiger partial charge in [0.2, 0.25) is 0 Å². The number of benzene rings is 2. The number of hydrogen-bond acceptors (Lipinski definition) is 0. The van der Waals surface area contributed by atoms with Gasteiger partial charge in [0, 0.05) is 0 Å². The van der Waals surface area contributed by atoms with Crippen LogP contribution in [0.1, 0.15) is 62.1 Å². The highest BCUT2D eigenvalue weighted by Crippen LogP contribution is 2.58. The zero-order chi connectivity index (χ0) is 15.6. The lowest BCUT2D eigenvalue weighted by molar-refractivity contribution is 0.169. The Morgan fingerprint density at radius 2 is 2.00 bits per heavy atom. The average Bonchev–Trinajstić information content (AvgIpc) is 3.13. The maximum Gasteiger partial charge on any atom is -0.0146 e. The zero-order valence-corrected chi connectivity index (χ0v) is 14.4. The van der Waals surface area contributed by atoms with Crippen molar-refractivity contribution in [2.45, 2.75) is 58.3 Å². The van der Waals surface area contributed by atoms with Crippen LogP contribution in [0.25, 0.3) is 10.8 Å². The van der Waals surface area contributed by atoms with E-state index in [1.54, 1.807) is 16.7 Å². The molecule has 0 heteroatoms. The van der Waals surface area contributed by atoms with Crippen molar-refractivity contribution >= 4 is 10.8 Å². The van der Waals surface area contributed by atoms with Crippen LogP contribution in [0, 0.1) is 11.3 Å². The molecule has 2 bridgehead atoms. The second kappa shape index (κ2) is 4.72. The fourth-order valence-corrected chi connectivity index (χ4v) is 5.69. The van der Waals surface area contributed by atoms with Crippen molar-refractivity contribution in [1.29, 1.82) is 0 Å². The molecule has 2 atom stereocenters. The monoisotopic (exact) mass is 302 g/mol. The Morgan fingerprint density at radius 3 is 2.74 bits per heavy atom. The van der Waals surface area contributed by atoms with Gasteiger partial charge < -0.3 is 0 Å². The molecule has 1 saturated carbocycles. The first-order chi connectivity index (χ1) is 11.1. The van der Waals surface area contributed by atoms with Crippen molar-refractivity contribution in [3.63, 3.8) is 0 Å². The topological polar surface area (TPSA) is 0 Å². The van der Waals surface area contributed by atoms with Gasteiger partial charge in [-0.1, -0.05) is 55.8 Å². The normalized spacial score (nSPS) is 28.7. The number of aryl methyl sites for hydroxylation is 1. The molecule has 0 aliphatic heterocycles. The van der Waals surface area contributed by atoms with Crippen molar-refractivity contribution in [1.82, 2.24) is 0 Å². The van der Waals surface area contributed by atoms with E-state index in [2.05, 4.69) is 50.3 Å². The molecule has 0 nitrogen and oxygen atoms in total. The number of allylic oxidation sites excluding steroid dienone is 2. The summed E-state index contributed by atoms with van der Waals surface area (Å²) in [6.45, 7) is 4.62. The van der Waals surface area contributed by atoms with E-state index in [4.69, 9.17) is 0 Å². The van der Waals surface area contributed by atoms with E-state index < -0.39 is 0 Å². The Morgan fingerprint density at radius 1 is 1.09 bits per heavy atom. The predicted molar refractivity (Wildman–Crippen MR) is 97.9 cm³/mol. The first-order valence-corrected chi connectivity index (χ1v) is 9.37. The largest absolute Gasteiger partial charge is 0.0850 e. The van der Waals surface area contributed by atoms with Gasteiger partial charge in [0.1, 0.15) is 0 Å². The van der Waals surface area contributed by atoms with E-state index in [-0.39, 0.29) is 0 Å². The molecule has 0 N–H and O–H groups in total. The summed E-state index contributed by atoms with van der Waals surface area (Å²) >= 11 is 0. The lowest BCUT2D eigenvalue weighted by Gasteiger charge is -2.40. The molecular weight excluding hydrogens is 276 g/mol. The van der Waals surface area contributed by atoms with Crippen LogP contribution in [0.15, 0.2) is 42.0 Å². The molecule has 1 fully saturated rings. The Hall–Kier alpha value is -1.56. The van der Waals surface area contributed by atoms with E-state index in [1.165, 1.54) is 54.9 Å².